The highest BCUT2D eigenvalue weighted by Crippen LogP contribution is 2.32. The summed E-state index contributed by atoms with van der Waals surface area (Å²) in [6.07, 6.45) is 3.53. The molecule has 0 saturated carbocycles. The van der Waals surface area contributed by atoms with Crippen LogP contribution in [0.5, 0.6) is 0 Å². The molecule has 0 saturated heterocycles. The van der Waals surface area contributed by atoms with Crippen molar-refractivity contribution in [2.75, 3.05) is 5.73 Å². The third-order valence-electron chi connectivity index (χ3n) is 3.74. The number of anilines is 1. The predicted octanol–water partition coefficient (Wildman–Crippen LogP) is 4.18. The van der Waals surface area contributed by atoms with Crippen LogP contribution < -0.4 is 5.73 Å². The van der Waals surface area contributed by atoms with Crippen molar-refractivity contribution >= 4 is 16.7 Å². The Balaban J connectivity index is 2.10. The number of aromatic nitrogens is 2. The maximum Gasteiger partial charge on any atom is 0.161 e. The van der Waals surface area contributed by atoms with Gasteiger partial charge in [0.1, 0.15) is 0 Å². The molecular weight excluding hydrogens is 258 g/mol. The smallest absolute Gasteiger partial charge is 0.161 e. The number of nitrogen functional groups attached to an aromatic ring is 1. The summed E-state index contributed by atoms with van der Waals surface area (Å²) in [5, 5.41) is 0.898. The summed E-state index contributed by atoms with van der Waals surface area (Å²) in [5.41, 5.74) is 11.2. The van der Waals surface area contributed by atoms with E-state index >= 15 is 0 Å². The normalized spacial score (nSPS) is 11.8. The van der Waals surface area contributed by atoms with E-state index in [4.69, 9.17) is 5.73 Å². The van der Waals surface area contributed by atoms with Crippen LogP contribution in [-0.2, 0) is 5.41 Å². The maximum atomic E-state index is 6.29. The molecule has 0 bridgehead atoms. The Morgan fingerprint density at radius 3 is 2.33 bits per heavy atom. The van der Waals surface area contributed by atoms with Crippen molar-refractivity contribution in [2.45, 2.75) is 26.2 Å². The van der Waals surface area contributed by atoms with Gasteiger partial charge >= 0.3 is 0 Å². The van der Waals surface area contributed by atoms with Crippen LogP contribution in [0, 0.1) is 0 Å². The number of hydrogen-bond donors (Lipinski definition) is 1. The molecule has 0 amide bonds. The van der Waals surface area contributed by atoms with E-state index in [1.165, 1.54) is 5.56 Å². The standard InChI is InChI=1S/C18H19N3/c1-18(2,3)13-8-6-12(7-9-13)15-11-21-17-14(16(15)19)5-4-10-20-17/h4-11H,1-3H3,(H2,19,20,21). The maximum absolute atomic E-state index is 6.29. The first-order chi connectivity index (χ1) is 9.97. The number of fused-ring (bicyclic) bond motifs is 1. The lowest BCUT2D eigenvalue weighted by atomic mass is 9.86. The van der Waals surface area contributed by atoms with E-state index in [1.807, 2.05) is 12.1 Å². The van der Waals surface area contributed by atoms with Crippen molar-refractivity contribution < 1.29 is 0 Å². The topological polar surface area (TPSA) is 51.8 Å². The Kier molecular flexibility index (Phi) is 3.13. The first-order valence-electron chi connectivity index (χ1n) is 7.07. The van der Waals surface area contributed by atoms with Crippen molar-refractivity contribution in [1.82, 2.24) is 9.97 Å². The second-order valence-corrected chi connectivity index (χ2v) is 6.29. The van der Waals surface area contributed by atoms with Crippen molar-refractivity contribution in [1.29, 1.82) is 0 Å². The summed E-state index contributed by atoms with van der Waals surface area (Å²) in [5.74, 6) is 0. The molecule has 0 atom stereocenters. The third kappa shape index (κ3) is 2.47. The second-order valence-electron chi connectivity index (χ2n) is 6.29. The van der Waals surface area contributed by atoms with Gasteiger partial charge in [0.05, 0.1) is 5.69 Å². The van der Waals surface area contributed by atoms with Gasteiger partial charge in [-0.15, -0.1) is 0 Å². The molecule has 1 aromatic carbocycles. The number of benzene rings is 1. The van der Waals surface area contributed by atoms with Gasteiger partial charge in [-0.25, -0.2) is 9.97 Å². The van der Waals surface area contributed by atoms with Crippen LogP contribution in [0.15, 0.2) is 48.8 Å². The van der Waals surface area contributed by atoms with Gasteiger partial charge in [-0.2, -0.15) is 0 Å². The molecule has 2 heterocycles. The summed E-state index contributed by atoms with van der Waals surface area (Å²) in [6.45, 7) is 6.62. The Morgan fingerprint density at radius 1 is 0.952 bits per heavy atom. The van der Waals surface area contributed by atoms with E-state index in [-0.39, 0.29) is 5.41 Å². The highest BCUT2D eigenvalue weighted by atomic mass is 14.8. The number of nitrogens with two attached hydrogens (primary N) is 1. The van der Waals surface area contributed by atoms with Gasteiger partial charge in [-0.05, 0) is 28.7 Å². The fourth-order valence-electron chi connectivity index (χ4n) is 2.43. The number of pyridine rings is 2. The average molecular weight is 277 g/mol. The molecule has 3 nitrogen and oxygen atoms in total. The largest absolute Gasteiger partial charge is 0.398 e. The molecule has 106 valence electrons. The highest BCUT2D eigenvalue weighted by Gasteiger charge is 2.14. The fourth-order valence-corrected chi connectivity index (χ4v) is 2.43. The van der Waals surface area contributed by atoms with Gasteiger partial charge < -0.3 is 5.73 Å². The summed E-state index contributed by atoms with van der Waals surface area (Å²) >= 11 is 0. The molecule has 0 fully saturated rings. The summed E-state index contributed by atoms with van der Waals surface area (Å²) in [7, 11) is 0. The SMILES string of the molecule is CC(C)(C)c1ccc(-c2cnc3ncccc3c2N)cc1. The average Bonchev–Trinajstić information content (AvgIpc) is 2.47. The lowest BCUT2D eigenvalue weighted by Crippen LogP contribution is -2.10. The van der Waals surface area contributed by atoms with Gasteiger partial charge in [0.25, 0.3) is 0 Å². The zero-order valence-corrected chi connectivity index (χ0v) is 12.6. The number of nitrogens with zero attached hydrogens (tertiary/aromatic N) is 2. The summed E-state index contributed by atoms with van der Waals surface area (Å²) in [4.78, 5) is 8.63. The van der Waals surface area contributed by atoms with E-state index in [0.29, 0.717) is 5.65 Å². The lowest BCUT2D eigenvalue weighted by molar-refractivity contribution is 0.590. The first kappa shape index (κ1) is 13.6. The Hall–Kier alpha value is -2.42. The van der Waals surface area contributed by atoms with Crippen LogP contribution in [0.4, 0.5) is 5.69 Å². The van der Waals surface area contributed by atoms with Crippen molar-refractivity contribution in [3.05, 3.63) is 54.4 Å². The Morgan fingerprint density at radius 2 is 1.67 bits per heavy atom. The third-order valence-corrected chi connectivity index (χ3v) is 3.74. The van der Waals surface area contributed by atoms with E-state index < -0.39 is 0 Å². The summed E-state index contributed by atoms with van der Waals surface area (Å²) < 4.78 is 0. The molecular formula is C18H19N3. The number of rotatable bonds is 1. The molecule has 21 heavy (non-hydrogen) atoms. The molecule has 3 aromatic rings. The van der Waals surface area contributed by atoms with Gasteiger partial charge in [-0.1, -0.05) is 45.0 Å². The molecule has 0 unspecified atom stereocenters. The van der Waals surface area contributed by atoms with E-state index in [2.05, 4.69) is 55.0 Å². The number of hydrogen-bond acceptors (Lipinski definition) is 3. The first-order valence-corrected chi connectivity index (χ1v) is 7.07. The van der Waals surface area contributed by atoms with Gasteiger partial charge in [0.2, 0.25) is 0 Å². The monoisotopic (exact) mass is 277 g/mol. The molecule has 3 rings (SSSR count). The van der Waals surface area contributed by atoms with Crippen molar-refractivity contribution in [3.63, 3.8) is 0 Å². The van der Waals surface area contributed by atoms with Crippen LogP contribution in [0.3, 0.4) is 0 Å². The zero-order chi connectivity index (χ0) is 15.0. The highest BCUT2D eigenvalue weighted by molar-refractivity contribution is 5.96. The molecule has 2 N–H and O–H groups in total. The van der Waals surface area contributed by atoms with Crippen LogP contribution in [0.2, 0.25) is 0 Å². The molecule has 0 radical (unpaired) electrons. The predicted molar refractivity (Wildman–Crippen MR) is 88.1 cm³/mol. The molecule has 0 aliphatic carbocycles. The lowest BCUT2D eigenvalue weighted by Gasteiger charge is -2.19. The van der Waals surface area contributed by atoms with E-state index in [1.54, 1.807) is 12.4 Å². The zero-order valence-electron chi connectivity index (χ0n) is 12.6. The minimum atomic E-state index is 0.148. The van der Waals surface area contributed by atoms with Gasteiger partial charge in [-0.3, -0.25) is 0 Å². The van der Waals surface area contributed by atoms with Crippen LogP contribution in [-0.4, -0.2) is 9.97 Å². The van der Waals surface area contributed by atoms with Crippen LogP contribution >= 0.6 is 0 Å². The fraction of sp³-hybridized carbons (Fsp3) is 0.222. The second kappa shape index (κ2) is 4.85. The molecule has 2 aromatic heterocycles. The Labute approximate surface area is 124 Å². The molecule has 3 heteroatoms. The van der Waals surface area contributed by atoms with E-state index in [0.717, 1.165) is 22.2 Å². The van der Waals surface area contributed by atoms with Gasteiger partial charge in [0, 0.05) is 23.3 Å². The van der Waals surface area contributed by atoms with Crippen LogP contribution in [0.25, 0.3) is 22.2 Å². The van der Waals surface area contributed by atoms with E-state index in [9.17, 15) is 0 Å². The van der Waals surface area contributed by atoms with Crippen LogP contribution in [0.1, 0.15) is 26.3 Å². The summed E-state index contributed by atoms with van der Waals surface area (Å²) in [6, 6.07) is 12.4. The van der Waals surface area contributed by atoms with Crippen molar-refractivity contribution in [2.24, 2.45) is 0 Å². The molecule has 0 aliphatic heterocycles. The minimum absolute atomic E-state index is 0.148. The minimum Gasteiger partial charge on any atom is -0.398 e. The quantitative estimate of drug-likeness (QED) is 0.726. The van der Waals surface area contributed by atoms with Gasteiger partial charge in [0.15, 0.2) is 5.65 Å². The molecule has 0 aliphatic rings. The van der Waals surface area contributed by atoms with Crippen molar-refractivity contribution in [3.8, 4) is 11.1 Å². The molecule has 0 spiro atoms. The Bertz CT molecular complexity index is 784.